The zero-order valence-corrected chi connectivity index (χ0v) is 13.5. The first-order valence-electron chi connectivity index (χ1n) is 7.64. The van der Waals surface area contributed by atoms with Crippen molar-refractivity contribution < 1.29 is 0 Å². The van der Waals surface area contributed by atoms with Crippen molar-refractivity contribution in [2.24, 2.45) is 5.92 Å². The molecule has 0 nitrogen and oxygen atoms in total. The molecule has 0 aliphatic rings. The summed E-state index contributed by atoms with van der Waals surface area (Å²) in [4.78, 5) is 2.93. The van der Waals surface area contributed by atoms with E-state index < -0.39 is 0 Å². The summed E-state index contributed by atoms with van der Waals surface area (Å²) in [6, 6.07) is 10.8. The van der Waals surface area contributed by atoms with Crippen molar-refractivity contribution in [3.8, 4) is 0 Å². The van der Waals surface area contributed by atoms with Gasteiger partial charge in [-0.05, 0) is 48.6 Å². The summed E-state index contributed by atoms with van der Waals surface area (Å²) in [5.41, 5.74) is 0. The van der Waals surface area contributed by atoms with Crippen molar-refractivity contribution >= 4 is 11.8 Å². The summed E-state index contributed by atoms with van der Waals surface area (Å²) >= 11 is 1.95. The van der Waals surface area contributed by atoms with E-state index in [4.69, 9.17) is 0 Å². The molecule has 0 saturated carbocycles. The highest BCUT2D eigenvalue weighted by atomic mass is 32.2. The summed E-state index contributed by atoms with van der Waals surface area (Å²) in [5, 5.41) is 0. The predicted octanol–water partition coefficient (Wildman–Crippen LogP) is 6.68. The molecule has 0 amide bonds. The molecule has 1 aromatic rings. The van der Waals surface area contributed by atoms with Crippen LogP contribution in [0.25, 0.3) is 0 Å². The summed E-state index contributed by atoms with van der Waals surface area (Å²) in [6.07, 6.45) is 10.2. The fraction of sp³-hybridized carbons (Fsp3) is 0.556. The third-order valence-corrected chi connectivity index (χ3v) is 4.28. The number of rotatable bonds is 9. The number of thioether (sulfide) groups is 1. The van der Waals surface area contributed by atoms with E-state index in [-0.39, 0.29) is 0 Å². The molecule has 1 rings (SSSR count). The van der Waals surface area contributed by atoms with E-state index in [1.165, 1.54) is 43.4 Å². The van der Waals surface area contributed by atoms with Crippen LogP contribution in [0.1, 0.15) is 59.3 Å². The second-order valence-electron chi connectivity index (χ2n) is 5.51. The van der Waals surface area contributed by atoms with Crippen molar-refractivity contribution in [1.29, 1.82) is 0 Å². The van der Waals surface area contributed by atoms with E-state index in [2.05, 4.69) is 57.2 Å². The minimum atomic E-state index is 0.801. The first-order chi connectivity index (χ1) is 9.22. The Hall–Kier alpha value is -0.690. The summed E-state index contributed by atoms with van der Waals surface area (Å²) in [7, 11) is 0. The Kier molecular flexibility index (Phi) is 8.73. The van der Waals surface area contributed by atoms with Gasteiger partial charge < -0.3 is 0 Å². The van der Waals surface area contributed by atoms with Gasteiger partial charge in [0.25, 0.3) is 0 Å². The third-order valence-electron chi connectivity index (χ3n) is 3.13. The Balaban J connectivity index is 2.52. The normalized spacial score (nSPS) is 12.1. The fourth-order valence-corrected chi connectivity index (χ4v) is 3.01. The lowest BCUT2D eigenvalue weighted by Crippen LogP contribution is -1.86. The maximum absolute atomic E-state index is 2.47. The topological polar surface area (TPSA) is 0 Å². The SMILES string of the molecule is CCCCC/C(=C/CCC(C)C)Sc1ccccc1. The molecule has 0 heterocycles. The highest BCUT2D eigenvalue weighted by molar-refractivity contribution is 8.03. The first kappa shape index (κ1) is 16.4. The van der Waals surface area contributed by atoms with E-state index in [9.17, 15) is 0 Å². The molecule has 0 aromatic heterocycles. The summed E-state index contributed by atoms with van der Waals surface area (Å²) < 4.78 is 0. The van der Waals surface area contributed by atoms with Gasteiger partial charge in [0.1, 0.15) is 0 Å². The maximum Gasteiger partial charge on any atom is 0.0118 e. The molecule has 1 aromatic carbocycles. The maximum atomic E-state index is 2.47. The predicted molar refractivity (Wildman–Crippen MR) is 88.6 cm³/mol. The Bertz CT molecular complexity index is 351. The van der Waals surface area contributed by atoms with E-state index in [1.54, 1.807) is 4.91 Å². The Morgan fingerprint density at radius 2 is 1.89 bits per heavy atom. The lowest BCUT2D eigenvalue weighted by Gasteiger charge is -2.08. The lowest BCUT2D eigenvalue weighted by atomic mass is 10.1. The Labute approximate surface area is 123 Å². The number of allylic oxidation sites excluding steroid dienone is 2. The first-order valence-corrected chi connectivity index (χ1v) is 8.46. The van der Waals surface area contributed by atoms with Gasteiger partial charge in [0.2, 0.25) is 0 Å². The second kappa shape index (κ2) is 10.1. The zero-order chi connectivity index (χ0) is 13.9. The largest absolute Gasteiger partial charge is 0.0949 e. The van der Waals surface area contributed by atoms with Crippen LogP contribution in [0.15, 0.2) is 46.2 Å². The monoisotopic (exact) mass is 276 g/mol. The van der Waals surface area contributed by atoms with E-state index in [0.29, 0.717) is 0 Å². The van der Waals surface area contributed by atoms with Crippen LogP contribution in [-0.4, -0.2) is 0 Å². The highest BCUT2D eigenvalue weighted by Gasteiger charge is 2.01. The van der Waals surface area contributed by atoms with Crippen LogP contribution in [0.3, 0.4) is 0 Å². The zero-order valence-electron chi connectivity index (χ0n) is 12.7. The van der Waals surface area contributed by atoms with Gasteiger partial charge in [-0.25, -0.2) is 0 Å². The molecule has 0 atom stereocenters. The van der Waals surface area contributed by atoms with Crippen LogP contribution in [0.2, 0.25) is 0 Å². The Morgan fingerprint density at radius 3 is 2.53 bits per heavy atom. The van der Waals surface area contributed by atoms with Crippen LogP contribution in [0.5, 0.6) is 0 Å². The highest BCUT2D eigenvalue weighted by Crippen LogP contribution is 2.30. The summed E-state index contributed by atoms with van der Waals surface area (Å²) in [6.45, 7) is 6.87. The number of unbranched alkanes of at least 4 members (excludes halogenated alkanes) is 2. The molecule has 1 heteroatoms. The van der Waals surface area contributed by atoms with Gasteiger partial charge in [0, 0.05) is 4.90 Å². The van der Waals surface area contributed by atoms with Gasteiger partial charge in [-0.3, -0.25) is 0 Å². The molecule has 0 unspecified atom stereocenters. The van der Waals surface area contributed by atoms with Gasteiger partial charge in [0.05, 0.1) is 0 Å². The number of benzene rings is 1. The standard InChI is InChI=1S/C18H28S/c1-4-5-7-12-18(15-10-11-16(2)3)19-17-13-8-6-9-14-17/h6,8-9,13-16H,4-5,7,10-12H2,1-3H3/b18-15-. The van der Waals surface area contributed by atoms with Crippen LogP contribution >= 0.6 is 11.8 Å². The van der Waals surface area contributed by atoms with Crippen molar-refractivity contribution in [2.45, 2.75) is 64.2 Å². The quantitative estimate of drug-likeness (QED) is 0.358. The number of hydrogen-bond acceptors (Lipinski definition) is 1. The molecule has 0 fully saturated rings. The molecule has 106 valence electrons. The average Bonchev–Trinajstić information content (AvgIpc) is 2.39. The molecule has 0 spiro atoms. The molecule has 19 heavy (non-hydrogen) atoms. The van der Waals surface area contributed by atoms with Gasteiger partial charge in [-0.1, -0.05) is 69.6 Å². The van der Waals surface area contributed by atoms with Crippen molar-refractivity contribution in [1.82, 2.24) is 0 Å². The van der Waals surface area contributed by atoms with Crippen LogP contribution in [0, 0.1) is 5.92 Å². The van der Waals surface area contributed by atoms with Crippen molar-refractivity contribution in [3.05, 3.63) is 41.3 Å². The molecular formula is C18H28S. The smallest absolute Gasteiger partial charge is 0.0118 e. The van der Waals surface area contributed by atoms with Crippen LogP contribution in [-0.2, 0) is 0 Å². The van der Waals surface area contributed by atoms with Crippen molar-refractivity contribution in [3.63, 3.8) is 0 Å². The minimum absolute atomic E-state index is 0.801. The minimum Gasteiger partial charge on any atom is -0.0949 e. The molecule has 0 aliphatic carbocycles. The van der Waals surface area contributed by atoms with Crippen LogP contribution in [0.4, 0.5) is 0 Å². The number of hydrogen-bond donors (Lipinski definition) is 0. The third kappa shape index (κ3) is 8.15. The molecule has 0 bridgehead atoms. The van der Waals surface area contributed by atoms with E-state index in [0.717, 1.165) is 5.92 Å². The van der Waals surface area contributed by atoms with Gasteiger partial charge in [-0.2, -0.15) is 0 Å². The molecular weight excluding hydrogens is 248 g/mol. The molecule has 0 aliphatic heterocycles. The average molecular weight is 276 g/mol. The molecule has 0 N–H and O–H groups in total. The van der Waals surface area contributed by atoms with Crippen LogP contribution < -0.4 is 0 Å². The van der Waals surface area contributed by atoms with E-state index >= 15 is 0 Å². The van der Waals surface area contributed by atoms with Gasteiger partial charge in [-0.15, -0.1) is 0 Å². The van der Waals surface area contributed by atoms with E-state index in [1.807, 2.05) is 11.8 Å². The molecule has 0 radical (unpaired) electrons. The Morgan fingerprint density at radius 1 is 1.16 bits per heavy atom. The fourth-order valence-electron chi connectivity index (χ4n) is 1.96. The summed E-state index contributed by atoms with van der Waals surface area (Å²) in [5.74, 6) is 0.801. The van der Waals surface area contributed by atoms with Gasteiger partial charge >= 0.3 is 0 Å². The second-order valence-corrected chi connectivity index (χ2v) is 6.71. The van der Waals surface area contributed by atoms with Gasteiger partial charge in [0.15, 0.2) is 0 Å². The lowest BCUT2D eigenvalue weighted by molar-refractivity contribution is 0.593. The molecule has 0 saturated heterocycles. The van der Waals surface area contributed by atoms with Crippen molar-refractivity contribution in [2.75, 3.05) is 0 Å².